The third kappa shape index (κ3) is 1.83. The van der Waals surface area contributed by atoms with E-state index in [9.17, 15) is 0 Å². The monoisotopic (exact) mass is 233 g/mol. The summed E-state index contributed by atoms with van der Waals surface area (Å²) >= 11 is 6.06. The van der Waals surface area contributed by atoms with E-state index in [4.69, 9.17) is 11.6 Å². The van der Waals surface area contributed by atoms with Crippen LogP contribution in [0.15, 0.2) is 30.3 Å². The van der Waals surface area contributed by atoms with Crippen molar-refractivity contribution in [2.75, 3.05) is 0 Å². The number of rotatable bonds is 3. The third-order valence-corrected chi connectivity index (χ3v) is 3.15. The van der Waals surface area contributed by atoms with Crippen LogP contribution in [0.3, 0.4) is 0 Å². The van der Waals surface area contributed by atoms with Gasteiger partial charge in [-0.25, -0.2) is 0 Å². The van der Waals surface area contributed by atoms with Crippen LogP contribution < -0.4 is 0 Å². The van der Waals surface area contributed by atoms with E-state index in [-0.39, 0.29) is 0 Å². The van der Waals surface area contributed by atoms with Gasteiger partial charge >= 0.3 is 0 Å². The Morgan fingerprint density at radius 2 is 1.94 bits per heavy atom. The highest BCUT2D eigenvalue weighted by molar-refractivity contribution is 6.28. The zero-order valence-electron chi connectivity index (χ0n) is 8.81. The van der Waals surface area contributed by atoms with Crippen LogP contribution in [0.4, 0.5) is 0 Å². The van der Waals surface area contributed by atoms with E-state index in [0.29, 0.717) is 5.28 Å². The molecule has 0 saturated heterocycles. The van der Waals surface area contributed by atoms with Gasteiger partial charge in [-0.1, -0.05) is 30.3 Å². The van der Waals surface area contributed by atoms with Gasteiger partial charge in [-0.2, -0.15) is 0 Å². The molecule has 0 unspecified atom stereocenters. The van der Waals surface area contributed by atoms with E-state index in [1.54, 1.807) is 0 Å². The Balaban J connectivity index is 2.00. The summed E-state index contributed by atoms with van der Waals surface area (Å²) in [5.41, 5.74) is 1.07. The minimum atomic E-state index is 0.491. The normalized spacial score (nSPS) is 15.3. The lowest BCUT2D eigenvalue weighted by Crippen LogP contribution is -2.02. The van der Waals surface area contributed by atoms with E-state index >= 15 is 0 Å². The van der Waals surface area contributed by atoms with E-state index in [0.717, 1.165) is 23.9 Å². The molecule has 2 aromatic rings. The first kappa shape index (κ1) is 9.85. The molecule has 1 fully saturated rings. The number of hydrogen-bond acceptors (Lipinski definition) is 2. The molecule has 3 rings (SSSR count). The second-order valence-corrected chi connectivity index (χ2v) is 4.55. The fourth-order valence-electron chi connectivity index (χ4n) is 1.81. The quantitative estimate of drug-likeness (QED) is 0.816. The molecule has 82 valence electrons. The van der Waals surface area contributed by atoms with Gasteiger partial charge in [0.1, 0.15) is 0 Å². The molecular weight excluding hydrogens is 222 g/mol. The van der Waals surface area contributed by atoms with Gasteiger partial charge in [-0.05, 0) is 30.4 Å². The van der Waals surface area contributed by atoms with Gasteiger partial charge < -0.3 is 0 Å². The first-order valence-corrected chi connectivity index (χ1v) is 5.86. The number of halogens is 1. The molecule has 1 saturated carbocycles. The third-order valence-electron chi connectivity index (χ3n) is 2.88. The van der Waals surface area contributed by atoms with Crippen LogP contribution in [-0.4, -0.2) is 14.8 Å². The maximum Gasteiger partial charge on any atom is 0.225 e. The van der Waals surface area contributed by atoms with Gasteiger partial charge in [0.25, 0.3) is 0 Å². The minimum Gasteiger partial charge on any atom is -0.298 e. The fraction of sp³-hybridized carbons (Fsp3) is 0.333. The van der Waals surface area contributed by atoms with Crippen LogP contribution >= 0.6 is 11.6 Å². The predicted octanol–water partition coefficient (Wildman–Crippen LogP) is 3.01. The summed E-state index contributed by atoms with van der Waals surface area (Å²) < 4.78 is 2.01. The summed E-state index contributed by atoms with van der Waals surface area (Å²) in [7, 11) is 0. The average molecular weight is 234 g/mol. The molecule has 0 spiro atoms. The van der Waals surface area contributed by atoms with Crippen molar-refractivity contribution in [3.8, 4) is 11.4 Å². The summed E-state index contributed by atoms with van der Waals surface area (Å²) in [6.07, 6.45) is 2.59. The fourth-order valence-corrected chi connectivity index (χ4v) is 1.99. The molecular formula is C12H12ClN3. The van der Waals surface area contributed by atoms with Gasteiger partial charge in [0.15, 0.2) is 5.82 Å². The zero-order valence-corrected chi connectivity index (χ0v) is 9.56. The maximum atomic E-state index is 6.06. The largest absolute Gasteiger partial charge is 0.298 e. The lowest BCUT2D eigenvalue weighted by molar-refractivity contribution is 0.631. The van der Waals surface area contributed by atoms with Crippen LogP contribution in [0.25, 0.3) is 11.4 Å². The van der Waals surface area contributed by atoms with E-state index in [1.807, 2.05) is 34.9 Å². The number of nitrogens with zero attached hydrogens (tertiary/aromatic N) is 3. The molecule has 0 atom stereocenters. The van der Waals surface area contributed by atoms with Gasteiger partial charge in [0, 0.05) is 12.1 Å². The molecule has 4 heteroatoms. The summed E-state index contributed by atoms with van der Waals surface area (Å²) in [5.74, 6) is 1.63. The van der Waals surface area contributed by atoms with Crippen LogP contribution in [0.5, 0.6) is 0 Å². The molecule has 0 bridgehead atoms. The van der Waals surface area contributed by atoms with E-state index < -0.39 is 0 Å². The Bertz CT molecular complexity index is 488. The Kier molecular flexibility index (Phi) is 2.40. The van der Waals surface area contributed by atoms with Crippen molar-refractivity contribution < 1.29 is 0 Å². The van der Waals surface area contributed by atoms with E-state index in [2.05, 4.69) is 10.2 Å². The molecule has 1 aliphatic carbocycles. The highest BCUT2D eigenvalue weighted by atomic mass is 35.5. The molecule has 16 heavy (non-hydrogen) atoms. The summed E-state index contributed by atoms with van der Waals surface area (Å²) in [5, 5.41) is 8.59. The molecule has 0 amide bonds. The first-order valence-electron chi connectivity index (χ1n) is 5.49. The number of benzene rings is 1. The van der Waals surface area contributed by atoms with Crippen molar-refractivity contribution in [3.63, 3.8) is 0 Å². The van der Waals surface area contributed by atoms with Crippen molar-refractivity contribution in [1.82, 2.24) is 14.8 Å². The SMILES string of the molecule is Clc1nnc(-c2ccccc2)n1CC1CC1. The average Bonchev–Trinajstić information content (AvgIpc) is 3.06. The van der Waals surface area contributed by atoms with Gasteiger partial charge in [-0.3, -0.25) is 4.57 Å². The molecule has 0 radical (unpaired) electrons. The zero-order chi connectivity index (χ0) is 11.0. The Morgan fingerprint density at radius 3 is 2.62 bits per heavy atom. The topological polar surface area (TPSA) is 30.7 Å². The highest BCUT2D eigenvalue weighted by Gasteiger charge is 2.24. The smallest absolute Gasteiger partial charge is 0.225 e. The Morgan fingerprint density at radius 1 is 1.19 bits per heavy atom. The van der Waals surface area contributed by atoms with Gasteiger partial charge in [0.05, 0.1) is 0 Å². The second kappa shape index (κ2) is 3.91. The van der Waals surface area contributed by atoms with Gasteiger partial charge in [0.2, 0.25) is 5.28 Å². The number of hydrogen-bond donors (Lipinski definition) is 0. The molecule has 1 heterocycles. The van der Waals surface area contributed by atoms with Crippen LogP contribution in [-0.2, 0) is 6.54 Å². The van der Waals surface area contributed by atoms with Crippen molar-refractivity contribution in [2.24, 2.45) is 5.92 Å². The van der Waals surface area contributed by atoms with Crippen LogP contribution in [0.2, 0.25) is 5.28 Å². The molecule has 3 nitrogen and oxygen atoms in total. The molecule has 1 aromatic carbocycles. The molecule has 0 N–H and O–H groups in total. The maximum absolute atomic E-state index is 6.06. The molecule has 0 aliphatic heterocycles. The number of aromatic nitrogens is 3. The standard InChI is InChI=1S/C12H12ClN3/c13-12-15-14-11(10-4-2-1-3-5-10)16(12)8-9-6-7-9/h1-5,9H,6-8H2. The van der Waals surface area contributed by atoms with Crippen molar-refractivity contribution >= 4 is 11.6 Å². The molecule has 1 aromatic heterocycles. The summed E-state index contributed by atoms with van der Waals surface area (Å²) in [6.45, 7) is 0.941. The van der Waals surface area contributed by atoms with Crippen molar-refractivity contribution in [3.05, 3.63) is 35.6 Å². The van der Waals surface area contributed by atoms with Crippen LogP contribution in [0, 0.1) is 5.92 Å². The van der Waals surface area contributed by atoms with Gasteiger partial charge in [-0.15, -0.1) is 10.2 Å². The van der Waals surface area contributed by atoms with E-state index in [1.165, 1.54) is 12.8 Å². The van der Waals surface area contributed by atoms with Crippen LogP contribution in [0.1, 0.15) is 12.8 Å². The lowest BCUT2D eigenvalue weighted by Gasteiger charge is -2.06. The van der Waals surface area contributed by atoms with Crippen molar-refractivity contribution in [2.45, 2.75) is 19.4 Å². The summed E-state index contributed by atoms with van der Waals surface area (Å²) in [4.78, 5) is 0. The van der Waals surface area contributed by atoms with Crippen molar-refractivity contribution in [1.29, 1.82) is 0 Å². The second-order valence-electron chi connectivity index (χ2n) is 4.21. The summed E-state index contributed by atoms with van der Waals surface area (Å²) in [6, 6.07) is 10.1. The molecule has 1 aliphatic rings. The Labute approximate surface area is 99.1 Å². The minimum absolute atomic E-state index is 0.491. The predicted molar refractivity (Wildman–Crippen MR) is 63.2 cm³/mol. The lowest BCUT2D eigenvalue weighted by atomic mass is 10.2. The Hall–Kier alpha value is -1.35. The first-order chi connectivity index (χ1) is 7.84. The highest BCUT2D eigenvalue weighted by Crippen LogP contribution is 2.33.